The second-order valence-electron chi connectivity index (χ2n) is 4.63. The van der Waals surface area contributed by atoms with E-state index in [-0.39, 0.29) is 12.2 Å². The van der Waals surface area contributed by atoms with Crippen molar-refractivity contribution >= 4 is 37.3 Å². The molecule has 19 heavy (non-hydrogen) atoms. The Hall–Kier alpha value is 0.01000. The summed E-state index contributed by atoms with van der Waals surface area (Å²) in [6.45, 7) is 4.87. The van der Waals surface area contributed by atoms with Crippen molar-refractivity contribution in [1.29, 1.82) is 0 Å². The van der Waals surface area contributed by atoms with Gasteiger partial charge in [0.15, 0.2) is 0 Å². The van der Waals surface area contributed by atoms with Crippen LogP contribution in [0.5, 0.6) is 0 Å². The molecular weight excluding hydrogens is 352 g/mol. The number of morpholine rings is 1. The molecule has 0 aromatic carbocycles. The predicted octanol–water partition coefficient (Wildman–Crippen LogP) is 1.77. The van der Waals surface area contributed by atoms with E-state index in [1.54, 1.807) is 6.07 Å². The van der Waals surface area contributed by atoms with Crippen LogP contribution < -0.4 is 5.73 Å². The Morgan fingerprint density at radius 3 is 2.53 bits per heavy atom. The average Bonchev–Trinajstić information content (AvgIpc) is 2.70. The van der Waals surface area contributed by atoms with Gasteiger partial charge in [0.1, 0.15) is 4.90 Å². The maximum Gasteiger partial charge on any atom is 0.245 e. The van der Waals surface area contributed by atoms with Crippen LogP contribution in [0.3, 0.4) is 0 Å². The van der Waals surface area contributed by atoms with Gasteiger partial charge in [-0.3, -0.25) is 0 Å². The van der Waals surface area contributed by atoms with E-state index < -0.39 is 10.0 Å². The van der Waals surface area contributed by atoms with E-state index >= 15 is 0 Å². The van der Waals surface area contributed by atoms with Gasteiger partial charge >= 0.3 is 0 Å². The molecule has 1 fully saturated rings. The number of ether oxygens (including phenoxy) is 1. The van der Waals surface area contributed by atoms with E-state index in [9.17, 15) is 8.42 Å². The molecule has 2 atom stereocenters. The monoisotopic (exact) mass is 368 g/mol. The lowest BCUT2D eigenvalue weighted by atomic mass is 10.3. The van der Waals surface area contributed by atoms with Crippen LogP contribution in [0, 0.1) is 0 Å². The topological polar surface area (TPSA) is 72.6 Å². The van der Waals surface area contributed by atoms with Crippen molar-refractivity contribution in [2.45, 2.75) is 37.5 Å². The molecule has 2 N–H and O–H groups in total. The molecule has 0 spiro atoms. The summed E-state index contributed by atoms with van der Waals surface area (Å²) >= 11 is 4.68. The Bertz CT molecular complexity index is 548. The summed E-state index contributed by atoms with van der Waals surface area (Å²) in [5, 5.41) is 0. The first-order valence-electron chi connectivity index (χ1n) is 5.98. The molecule has 2 rings (SSSR count). The van der Waals surface area contributed by atoms with Crippen LogP contribution >= 0.6 is 27.3 Å². The highest BCUT2D eigenvalue weighted by molar-refractivity contribution is 9.11. The first-order chi connectivity index (χ1) is 8.84. The minimum atomic E-state index is -3.49. The van der Waals surface area contributed by atoms with Crippen LogP contribution in [-0.2, 0) is 21.3 Å². The number of hydrogen-bond donors (Lipinski definition) is 1. The number of nitrogens with zero attached hydrogens (tertiary/aromatic N) is 1. The SMILES string of the molecule is CC1CN(S(=O)(=O)c2cc(CN)sc2Br)CC(C)O1. The second kappa shape index (κ2) is 5.79. The number of nitrogens with two attached hydrogens (primary N) is 1. The number of halogens is 1. The van der Waals surface area contributed by atoms with E-state index in [1.807, 2.05) is 13.8 Å². The highest BCUT2D eigenvalue weighted by Gasteiger charge is 2.34. The van der Waals surface area contributed by atoms with Gasteiger partial charge < -0.3 is 10.5 Å². The van der Waals surface area contributed by atoms with Crippen LogP contribution in [0.1, 0.15) is 18.7 Å². The molecular formula is C11H17BrN2O3S2. The van der Waals surface area contributed by atoms with E-state index in [0.717, 1.165) is 4.88 Å². The summed E-state index contributed by atoms with van der Waals surface area (Å²) < 4.78 is 32.9. The molecule has 108 valence electrons. The third kappa shape index (κ3) is 3.20. The Labute approximate surface area is 125 Å². The molecule has 0 saturated carbocycles. The molecule has 5 nitrogen and oxygen atoms in total. The average molecular weight is 369 g/mol. The molecule has 0 radical (unpaired) electrons. The number of hydrogen-bond acceptors (Lipinski definition) is 5. The highest BCUT2D eigenvalue weighted by atomic mass is 79.9. The zero-order chi connectivity index (χ0) is 14.2. The minimum Gasteiger partial charge on any atom is -0.373 e. The van der Waals surface area contributed by atoms with Gasteiger partial charge in [-0.1, -0.05) is 0 Å². The van der Waals surface area contributed by atoms with Crippen LogP contribution in [0.2, 0.25) is 0 Å². The third-order valence-corrected chi connectivity index (χ3v) is 7.02. The normalized spacial score (nSPS) is 25.7. The predicted molar refractivity (Wildman–Crippen MR) is 78.7 cm³/mol. The summed E-state index contributed by atoms with van der Waals surface area (Å²) in [5.74, 6) is 0. The van der Waals surface area contributed by atoms with Gasteiger partial charge in [-0.2, -0.15) is 4.31 Å². The summed E-state index contributed by atoms with van der Waals surface area (Å²) in [6.07, 6.45) is -0.185. The lowest BCUT2D eigenvalue weighted by molar-refractivity contribution is -0.0440. The molecule has 0 bridgehead atoms. The van der Waals surface area contributed by atoms with Crippen molar-refractivity contribution in [1.82, 2.24) is 4.31 Å². The van der Waals surface area contributed by atoms with Gasteiger partial charge in [0, 0.05) is 24.5 Å². The zero-order valence-corrected chi connectivity index (χ0v) is 14.0. The van der Waals surface area contributed by atoms with Gasteiger partial charge in [0.2, 0.25) is 10.0 Å². The Morgan fingerprint density at radius 1 is 1.47 bits per heavy atom. The van der Waals surface area contributed by atoms with Crippen molar-refractivity contribution in [3.05, 3.63) is 14.7 Å². The minimum absolute atomic E-state index is 0.0927. The van der Waals surface area contributed by atoms with Crippen molar-refractivity contribution in [2.75, 3.05) is 13.1 Å². The largest absolute Gasteiger partial charge is 0.373 e. The van der Waals surface area contributed by atoms with E-state index in [2.05, 4.69) is 15.9 Å². The molecule has 2 unspecified atom stereocenters. The molecule has 0 aliphatic carbocycles. The zero-order valence-electron chi connectivity index (χ0n) is 10.8. The number of sulfonamides is 1. The lowest BCUT2D eigenvalue weighted by Gasteiger charge is -2.34. The van der Waals surface area contributed by atoms with Crippen molar-refractivity contribution in [3.63, 3.8) is 0 Å². The van der Waals surface area contributed by atoms with E-state index in [0.29, 0.717) is 28.3 Å². The van der Waals surface area contributed by atoms with Gasteiger partial charge in [0.05, 0.1) is 16.0 Å². The first-order valence-corrected chi connectivity index (χ1v) is 9.03. The van der Waals surface area contributed by atoms with Crippen LogP contribution in [0.4, 0.5) is 0 Å². The Kier molecular flexibility index (Phi) is 4.69. The molecule has 1 aliphatic heterocycles. The lowest BCUT2D eigenvalue weighted by Crippen LogP contribution is -2.48. The molecule has 1 saturated heterocycles. The van der Waals surface area contributed by atoms with Gasteiger partial charge in [-0.25, -0.2) is 8.42 Å². The third-order valence-electron chi connectivity index (χ3n) is 2.91. The fourth-order valence-electron chi connectivity index (χ4n) is 2.14. The summed E-state index contributed by atoms with van der Waals surface area (Å²) in [7, 11) is -3.49. The summed E-state index contributed by atoms with van der Waals surface area (Å²) in [5.41, 5.74) is 5.56. The molecule has 1 aromatic heterocycles. The molecule has 1 aromatic rings. The molecule has 2 heterocycles. The number of thiophene rings is 1. The van der Waals surface area contributed by atoms with Crippen molar-refractivity contribution in [3.8, 4) is 0 Å². The van der Waals surface area contributed by atoms with E-state index in [4.69, 9.17) is 10.5 Å². The summed E-state index contributed by atoms with van der Waals surface area (Å²) in [6, 6.07) is 1.65. The molecule has 0 amide bonds. The maximum atomic E-state index is 12.6. The standard InChI is InChI=1S/C11H17BrN2O3S2/c1-7-5-14(6-8(2)17-7)19(15,16)10-3-9(4-13)18-11(10)12/h3,7-8H,4-6,13H2,1-2H3. The number of rotatable bonds is 3. The van der Waals surface area contributed by atoms with E-state index in [1.165, 1.54) is 15.6 Å². The van der Waals surface area contributed by atoms with Crippen LogP contribution in [-0.4, -0.2) is 38.0 Å². The Balaban J connectivity index is 2.33. The fourth-order valence-corrected chi connectivity index (χ4v) is 6.24. The first kappa shape index (κ1) is 15.4. The Morgan fingerprint density at radius 2 is 2.05 bits per heavy atom. The highest BCUT2D eigenvalue weighted by Crippen LogP contribution is 2.34. The van der Waals surface area contributed by atoms with Crippen molar-refractivity contribution in [2.24, 2.45) is 5.73 Å². The maximum absolute atomic E-state index is 12.6. The quantitative estimate of drug-likeness (QED) is 0.882. The van der Waals surface area contributed by atoms with Gasteiger partial charge in [0.25, 0.3) is 0 Å². The molecule has 1 aliphatic rings. The molecule has 8 heteroatoms. The summed E-state index contributed by atoms with van der Waals surface area (Å²) in [4.78, 5) is 1.15. The second-order valence-corrected chi connectivity index (χ2v) is 9.00. The van der Waals surface area contributed by atoms with Crippen LogP contribution in [0.25, 0.3) is 0 Å². The van der Waals surface area contributed by atoms with Gasteiger partial charge in [-0.15, -0.1) is 11.3 Å². The van der Waals surface area contributed by atoms with Gasteiger partial charge in [-0.05, 0) is 35.8 Å². The smallest absolute Gasteiger partial charge is 0.245 e. The fraction of sp³-hybridized carbons (Fsp3) is 0.636. The van der Waals surface area contributed by atoms with Crippen molar-refractivity contribution < 1.29 is 13.2 Å². The van der Waals surface area contributed by atoms with Crippen LogP contribution in [0.15, 0.2) is 14.7 Å².